The third kappa shape index (κ3) is 6.62. The van der Waals surface area contributed by atoms with E-state index in [2.05, 4.69) is 15.4 Å². The number of rotatable bonds is 9. The largest absolute Gasteiger partial charge is 0.352 e. The highest BCUT2D eigenvalue weighted by Gasteiger charge is 2.20. The molecule has 0 unspecified atom stereocenters. The molecule has 0 aliphatic heterocycles. The Balaban J connectivity index is 1.48. The number of anilines is 2. The number of sulfonamides is 1. The number of hydrogen-bond donors (Lipinski definition) is 3. The zero-order valence-corrected chi connectivity index (χ0v) is 21.1. The van der Waals surface area contributed by atoms with E-state index in [9.17, 15) is 18.0 Å². The van der Waals surface area contributed by atoms with Crippen molar-refractivity contribution in [3.05, 3.63) is 125 Å². The van der Waals surface area contributed by atoms with E-state index in [1.165, 1.54) is 24.3 Å². The van der Waals surface area contributed by atoms with E-state index in [4.69, 9.17) is 0 Å². The molecule has 0 saturated carbocycles. The molecule has 4 aromatic rings. The summed E-state index contributed by atoms with van der Waals surface area (Å²) in [5, 5.41) is 5.64. The fraction of sp³-hybridized carbons (Fsp3) is 0.103. The standard InChI is InChI=1S/C29H27N3O4S/c1-21-15-17-23(18-16-21)37(35,36)32-27-14-8-6-12-25(27)29(34)31-26-13-7-5-11-24(26)28(33)30-20-19-22-9-3-2-4-10-22/h2-18,32H,19-20H2,1H3,(H,30,33)(H,31,34). The third-order valence-corrected chi connectivity index (χ3v) is 7.09. The van der Waals surface area contributed by atoms with Gasteiger partial charge in [0.25, 0.3) is 21.8 Å². The Bertz CT molecular complexity index is 1500. The molecule has 188 valence electrons. The van der Waals surface area contributed by atoms with Gasteiger partial charge in [-0.3, -0.25) is 14.3 Å². The highest BCUT2D eigenvalue weighted by molar-refractivity contribution is 7.92. The minimum absolute atomic E-state index is 0.0887. The molecule has 0 spiro atoms. The molecule has 0 atom stereocenters. The summed E-state index contributed by atoms with van der Waals surface area (Å²) in [7, 11) is -3.91. The fourth-order valence-corrected chi connectivity index (χ4v) is 4.81. The lowest BCUT2D eigenvalue weighted by atomic mass is 10.1. The van der Waals surface area contributed by atoms with Gasteiger partial charge in [-0.2, -0.15) is 0 Å². The van der Waals surface area contributed by atoms with E-state index >= 15 is 0 Å². The molecule has 7 nitrogen and oxygen atoms in total. The van der Waals surface area contributed by atoms with Crippen LogP contribution in [0.1, 0.15) is 31.8 Å². The number of para-hydroxylation sites is 2. The number of nitrogens with one attached hydrogen (secondary N) is 3. The molecule has 0 heterocycles. The monoisotopic (exact) mass is 513 g/mol. The molecule has 37 heavy (non-hydrogen) atoms. The second-order valence-corrected chi connectivity index (χ2v) is 10.1. The highest BCUT2D eigenvalue weighted by atomic mass is 32.2. The lowest BCUT2D eigenvalue weighted by molar-refractivity contribution is 0.0955. The van der Waals surface area contributed by atoms with Crippen LogP contribution in [0.2, 0.25) is 0 Å². The van der Waals surface area contributed by atoms with Crippen molar-refractivity contribution in [2.24, 2.45) is 0 Å². The zero-order chi connectivity index (χ0) is 26.3. The molecular weight excluding hydrogens is 486 g/mol. The molecular formula is C29H27N3O4S. The van der Waals surface area contributed by atoms with Crippen LogP contribution >= 0.6 is 0 Å². The Morgan fingerprint density at radius 3 is 1.92 bits per heavy atom. The second-order valence-electron chi connectivity index (χ2n) is 8.46. The van der Waals surface area contributed by atoms with Gasteiger partial charge in [-0.1, -0.05) is 72.3 Å². The van der Waals surface area contributed by atoms with Gasteiger partial charge < -0.3 is 10.6 Å². The smallest absolute Gasteiger partial charge is 0.261 e. The Labute approximate surface area is 216 Å². The first kappa shape index (κ1) is 25.7. The molecule has 0 aliphatic carbocycles. The summed E-state index contributed by atoms with van der Waals surface area (Å²) in [6.07, 6.45) is 0.676. The topological polar surface area (TPSA) is 104 Å². The molecule has 0 bridgehead atoms. The van der Waals surface area contributed by atoms with Gasteiger partial charge in [0, 0.05) is 6.54 Å². The SMILES string of the molecule is Cc1ccc(S(=O)(=O)Nc2ccccc2C(=O)Nc2ccccc2C(=O)NCCc2ccccc2)cc1. The van der Waals surface area contributed by atoms with Crippen molar-refractivity contribution >= 4 is 33.2 Å². The molecule has 3 N–H and O–H groups in total. The Hall–Kier alpha value is -4.43. The highest BCUT2D eigenvalue weighted by Crippen LogP contribution is 2.23. The minimum atomic E-state index is -3.91. The molecule has 0 radical (unpaired) electrons. The van der Waals surface area contributed by atoms with Crippen molar-refractivity contribution in [3.63, 3.8) is 0 Å². The molecule has 0 aromatic heterocycles. The van der Waals surface area contributed by atoms with Crippen LogP contribution in [-0.4, -0.2) is 26.8 Å². The summed E-state index contributed by atoms with van der Waals surface area (Å²) in [6, 6.07) is 29.2. The van der Waals surface area contributed by atoms with E-state index in [1.54, 1.807) is 48.5 Å². The molecule has 0 saturated heterocycles. The van der Waals surface area contributed by atoms with Crippen molar-refractivity contribution in [2.45, 2.75) is 18.2 Å². The predicted molar refractivity (Wildman–Crippen MR) is 145 cm³/mol. The molecule has 2 amide bonds. The fourth-order valence-electron chi connectivity index (χ4n) is 3.73. The Morgan fingerprint density at radius 2 is 1.24 bits per heavy atom. The van der Waals surface area contributed by atoms with Gasteiger partial charge in [-0.05, 0) is 55.3 Å². The van der Waals surface area contributed by atoms with Crippen LogP contribution in [0.3, 0.4) is 0 Å². The van der Waals surface area contributed by atoms with Crippen LogP contribution in [0.5, 0.6) is 0 Å². The average molecular weight is 514 g/mol. The Morgan fingerprint density at radius 1 is 0.676 bits per heavy atom. The number of carbonyl (C=O) groups excluding carboxylic acids is 2. The molecule has 4 aromatic carbocycles. The number of hydrogen-bond acceptors (Lipinski definition) is 4. The van der Waals surface area contributed by atoms with Crippen molar-refractivity contribution in [3.8, 4) is 0 Å². The first-order valence-electron chi connectivity index (χ1n) is 11.7. The molecule has 8 heteroatoms. The molecule has 0 aliphatic rings. The van der Waals surface area contributed by atoms with Crippen molar-refractivity contribution < 1.29 is 18.0 Å². The molecule has 0 fully saturated rings. The maximum atomic E-state index is 13.2. The van der Waals surface area contributed by atoms with Crippen molar-refractivity contribution in [2.75, 3.05) is 16.6 Å². The minimum Gasteiger partial charge on any atom is -0.352 e. The van der Waals surface area contributed by atoms with Gasteiger partial charge in [0.2, 0.25) is 0 Å². The first-order valence-corrected chi connectivity index (χ1v) is 13.2. The summed E-state index contributed by atoms with van der Waals surface area (Å²) in [6.45, 7) is 2.31. The summed E-state index contributed by atoms with van der Waals surface area (Å²) in [4.78, 5) is 26.1. The van der Waals surface area contributed by atoms with Crippen LogP contribution in [0.25, 0.3) is 0 Å². The number of benzene rings is 4. The summed E-state index contributed by atoms with van der Waals surface area (Å²) >= 11 is 0. The van der Waals surface area contributed by atoms with E-state index in [0.29, 0.717) is 24.2 Å². The lowest BCUT2D eigenvalue weighted by Crippen LogP contribution is -2.27. The third-order valence-electron chi connectivity index (χ3n) is 5.71. The van der Waals surface area contributed by atoms with Crippen molar-refractivity contribution in [1.29, 1.82) is 0 Å². The normalized spacial score (nSPS) is 10.9. The predicted octanol–water partition coefficient (Wildman–Crippen LogP) is 5.02. The number of amides is 2. The quantitative estimate of drug-likeness (QED) is 0.292. The first-order chi connectivity index (χ1) is 17.8. The maximum Gasteiger partial charge on any atom is 0.261 e. The van der Waals surface area contributed by atoms with Gasteiger partial charge in [0.05, 0.1) is 27.4 Å². The van der Waals surface area contributed by atoms with Crippen LogP contribution in [0, 0.1) is 6.92 Å². The van der Waals surface area contributed by atoms with Crippen LogP contribution in [0.15, 0.2) is 108 Å². The van der Waals surface area contributed by atoms with Crippen LogP contribution < -0.4 is 15.4 Å². The molecule has 4 rings (SSSR count). The van der Waals surface area contributed by atoms with E-state index in [-0.39, 0.29) is 22.1 Å². The maximum absolute atomic E-state index is 13.2. The van der Waals surface area contributed by atoms with E-state index in [0.717, 1.165) is 11.1 Å². The zero-order valence-electron chi connectivity index (χ0n) is 20.3. The summed E-state index contributed by atoms with van der Waals surface area (Å²) in [5.74, 6) is -0.869. The second kappa shape index (κ2) is 11.5. The Kier molecular flexibility index (Phi) is 8.00. The van der Waals surface area contributed by atoms with Crippen LogP contribution in [-0.2, 0) is 16.4 Å². The van der Waals surface area contributed by atoms with Crippen molar-refractivity contribution in [1.82, 2.24) is 5.32 Å². The van der Waals surface area contributed by atoms with Gasteiger partial charge in [0.15, 0.2) is 0 Å². The lowest BCUT2D eigenvalue weighted by Gasteiger charge is -2.15. The number of aryl methyl sites for hydroxylation is 1. The number of carbonyl (C=O) groups is 2. The average Bonchev–Trinajstić information content (AvgIpc) is 2.90. The van der Waals surface area contributed by atoms with Gasteiger partial charge >= 0.3 is 0 Å². The summed E-state index contributed by atoms with van der Waals surface area (Å²) < 4.78 is 28.3. The van der Waals surface area contributed by atoms with Crippen LogP contribution in [0.4, 0.5) is 11.4 Å². The van der Waals surface area contributed by atoms with Gasteiger partial charge in [0.1, 0.15) is 0 Å². The van der Waals surface area contributed by atoms with Gasteiger partial charge in [-0.15, -0.1) is 0 Å². The van der Waals surface area contributed by atoms with Gasteiger partial charge in [-0.25, -0.2) is 8.42 Å². The van der Waals surface area contributed by atoms with E-state index in [1.807, 2.05) is 37.3 Å². The van der Waals surface area contributed by atoms with E-state index < -0.39 is 15.9 Å². The summed E-state index contributed by atoms with van der Waals surface area (Å²) in [5.41, 5.74) is 2.92.